The van der Waals surface area contributed by atoms with Crippen LogP contribution < -0.4 is 0 Å². The van der Waals surface area contributed by atoms with Gasteiger partial charge in [0.2, 0.25) is 0 Å². The van der Waals surface area contributed by atoms with E-state index in [9.17, 15) is 0 Å². The third kappa shape index (κ3) is 3.92. The van der Waals surface area contributed by atoms with Gasteiger partial charge in [-0.05, 0) is 81.9 Å². The lowest BCUT2D eigenvalue weighted by Gasteiger charge is -2.21. The van der Waals surface area contributed by atoms with Crippen molar-refractivity contribution in [1.82, 2.24) is 9.55 Å². The van der Waals surface area contributed by atoms with Crippen LogP contribution in [0.4, 0.5) is 0 Å². The zero-order valence-electron chi connectivity index (χ0n) is 25.1. The molecule has 0 aliphatic heterocycles. The monoisotopic (exact) mass is 596 g/mol. The zero-order valence-corrected chi connectivity index (χ0v) is 25.8. The third-order valence-corrected chi connectivity index (χ3v) is 9.83. The Morgan fingerprint density at radius 3 is 2.13 bits per heavy atom. The highest BCUT2D eigenvalue weighted by Crippen LogP contribution is 2.51. The molecule has 0 saturated heterocycles. The Morgan fingerprint density at radius 1 is 0.533 bits per heavy atom. The van der Waals surface area contributed by atoms with Crippen LogP contribution in [0.2, 0.25) is 5.02 Å². The topological polar surface area (TPSA) is 17.8 Å². The summed E-state index contributed by atoms with van der Waals surface area (Å²) in [5, 5.41) is 4.29. The average molecular weight is 597 g/mol. The number of nitrogens with zero attached hydrogens (tertiary/aromatic N) is 2. The Morgan fingerprint density at radius 2 is 1.27 bits per heavy atom. The largest absolute Gasteiger partial charge is 0.309 e. The number of pyridine rings is 1. The van der Waals surface area contributed by atoms with E-state index < -0.39 is 0 Å². The van der Waals surface area contributed by atoms with E-state index in [1.807, 2.05) is 12.1 Å². The van der Waals surface area contributed by atoms with Crippen LogP contribution in [0.15, 0.2) is 140 Å². The molecule has 45 heavy (non-hydrogen) atoms. The standard InChI is InChI=1S/C42H29ClN2/c1-42(2)36-17-9-6-14-30(36)34-23-35-32-16-8-11-19-40(32)45(41(35)25-37(34)42)29-21-27(20-28(43)22-29)39-24-33(26-12-4-3-5-13-26)31-15-7-10-18-38(31)44-39/h3-25H,1-2H3. The van der Waals surface area contributed by atoms with Crippen molar-refractivity contribution in [3.63, 3.8) is 0 Å². The maximum atomic E-state index is 6.95. The van der Waals surface area contributed by atoms with E-state index in [-0.39, 0.29) is 5.41 Å². The van der Waals surface area contributed by atoms with Gasteiger partial charge in [0, 0.05) is 37.8 Å². The Balaban J connectivity index is 1.30. The molecule has 3 heteroatoms. The van der Waals surface area contributed by atoms with Crippen molar-refractivity contribution >= 4 is 44.3 Å². The summed E-state index contributed by atoms with van der Waals surface area (Å²) in [5.74, 6) is 0. The number of hydrogen-bond donors (Lipinski definition) is 0. The van der Waals surface area contributed by atoms with Crippen LogP contribution in [0.3, 0.4) is 0 Å². The van der Waals surface area contributed by atoms with Crippen molar-refractivity contribution in [3.05, 3.63) is 156 Å². The summed E-state index contributed by atoms with van der Waals surface area (Å²) in [7, 11) is 0. The molecular weight excluding hydrogens is 568 g/mol. The summed E-state index contributed by atoms with van der Waals surface area (Å²) in [4.78, 5) is 5.14. The molecule has 2 heterocycles. The molecule has 0 bridgehead atoms. The van der Waals surface area contributed by atoms with E-state index >= 15 is 0 Å². The summed E-state index contributed by atoms with van der Waals surface area (Å²) in [6.07, 6.45) is 0. The summed E-state index contributed by atoms with van der Waals surface area (Å²) in [6, 6.07) is 49.8. The van der Waals surface area contributed by atoms with E-state index in [1.165, 1.54) is 44.1 Å². The first-order valence-corrected chi connectivity index (χ1v) is 15.8. The fourth-order valence-corrected chi connectivity index (χ4v) is 7.70. The molecule has 214 valence electrons. The molecular formula is C42H29ClN2. The molecule has 0 saturated carbocycles. The van der Waals surface area contributed by atoms with Gasteiger partial charge in [-0.2, -0.15) is 0 Å². The third-order valence-electron chi connectivity index (χ3n) is 9.61. The van der Waals surface area contributed by atoms with Gasteiger partial charge in [0.05, 0.1) is 22.2 Å². The molecule has 0 atom stereocenters. The van der Waals surface area contributed by atoms with Crippen LogP contribution in [-0.2, 0) is 5.41 Å². The van der Waals surface area contributed by atoms with Gasteiger partial charge in [-0.1, -0.05) is 116 Å². The predicted molar refractivity (Wildman–Crippen MR) is 190 cm³/mol. The molecule has 9 rings (SSSR count). The molecule has 0 spiro atoms. The lowest BCUT2D eigenvalue weighted by molar-refractivity contribution is 0.661. The Bertz CT molecular complexity index is 2470. The number of hydrogen-bond acceptors (Lipinski definition) is 1. The zero-order chi connectivity index (χ0) is 30.3. The SMILES string of the molecule is CC1(C)c2ccccc2-c2cc3c4ccccc4n(-c4cc(Cl)cc(-c5cc(-c6ccccc6)c6ccccc6n5)c4)c3cc21. The van der Waals surface area contributed by atoms with Crippen LogP contribution in [-0.4, -0.2) is 9.55 Å². The summed E-state index contributed by atoms with van der Waals surface area (Å²) in [6.45, 7) is 4.67. The van der Waals surface area contributed by atoms with E-state index in [2.05, 4.69) is 146 Å². The minimum atomic E-state index is -0.0935. The predicted octanol–water partition coefficient (Wildman–Crippen LogP) is 11.6. The van der Waals surface area contributed by atoms with Crippen LogP contribution in [0.1, 0.15) is 25.0 Å². The second kappa shape index (κ2) is 9.66. The number of benzene rings is 6. The van der Waals surface area contributed by atoms with Gasteiger partial charge in [-0.3, -0.25) is 0 Å². The van der Waals surface area contributed by atoms with E-state index in [1.54, 1.807) is 0 Å². The van der Waals surface area contributed by atoms with Gasteiger partial charge >= 0.3 is 0 Å². The molecule has 1 aliphatic carbocycles. The average Bonchev–Trinajstić information content (AvgIpc) is 3.52. The van der Waals surface area contributed by atoms with Gasteiger partial charge in [0.15, 0.2) is 0 Å². The number of halogens is 1. The molecule has 0 radical (unpaired) electrons. The molecule has 0 amide bonds. The van der Waals surface area contributed by atoms with E-state index in [0.717, 1.165) is 38.9 Å². The number of para-hydroxylation sites is 2. The van der Waals surface area contributed by atoms with Gasteiger partial charge in [0.1, 0.15) is 0 Å². The normalized spacial score (nSPS) is 13.4. The molecule has 8 aromatic rings. The maximum Gasteiger partial charge on any atom is 0.0717 e. The Hall–Kier alpha value is -5.18. The van der Waals surface area contributed by atoms with Crippen LogP contribution in [0.5, 0.6) is 0 Å². The molecule has 6 aromatic carbocycles. The van der Waals surface area contributed by atoms with Crippen molar-refractivity contribution in [1.29, 1.82) is 0 Å². The van der Waals surface area contributed by atoms with Crippen molar-refractivity contribution in [2.45, 2.75) is 19.3 Å². The minimum Gasteiger partial charge on any atom is -0.309 e. The van der Waals surface area contributed by atoms with Crippen LogP contribution in [0, 0.1) is 0 Å². The lowest BCUT2D eigenvalue weighted by Crippen LogP contribution is -2.14. The highest BCUT2D eigenvalue weighted by atomic mass is 35.5. The van der Waals surface area contributed by atoms with Crippen molar-refractivity contribution < 1.29 is 0 Å². The highest BCUT2D eigenvalue weighted by Gasteiger charge is 2.36. The first-order chi connectivity index (χ1) is 22.0. The highest BCUT2D eigenvalue weighted by molar-refractivity contribution is 6.31. The van der Waals surface area contributed by atoms with Crippen LogP contribution >= 0.6 is 11.6 Å². The first kappa shape index (κ1) is 26.2. The maximum absolute atomic E-state index is 6.95. The molecule has 2 aromatic heterocycles. The number of aromatic nitrogens is 2. The molecule has 0 unspecified atom stereocenters. The smallest absolute Gasteiger partial charge is 0.0717 e. The van der Waals surface area contributed by atoms with Gasteiger partial charge in [-0.15, -0.1) is 0 Å². The van der Waals surface area contributed by atoms with Crippen molar-refractivity contribution in [3.8, 4) is 39.2 Å². The molecule has 2 nitrogen and oxygen atoms in total. The quantitative estimate of drug-likeness (QED) is 0.198. The molecule has 0 fully saturated rings. The Labute approximate surface area is 267 Å². The first-order valence-electron chi connectivity index (χ1n) is 15.4. The number of fused-ring (bicyclic) bond motifs is 7. The summed E-state index contributed by atoms with van der Waals surface area (Å²) >= 11 is 6.95. The molecule has 1 aliphatic rings. The summed E-state index contributed by atoms with van der Waals surface area (Å²) in [5.41, 5.74) is 13.8. The molecule has 0 N–H and O–H groups in total. The van der Waals surface area contributed by atoms with Gasteiger partial charge < -0.3 is 4.57 Å². The van der Waals surface area contributed by atoms with Crippen molar-refractivity contribution in [2.24, 2.45) is 0 Å². The van der Waals surface area contributed by atoms with E-state index in [4.69, 9.17) is 16.6 Å². The van der Waals surface area contributed by atoms with Crippen LogP contribution in [0.25, 0.3) is 71.9 Å². The van der Waals surface area contributed by atoms with Gasteiger partial charge in [0.25, 0.3) is 0 Å². The summed E-state index contributed by atoms with van der Waals surface area (Å²) < 4.78 is 2.37. The Kier molecular flexibility index (Phi) is 5.63. The number of rotatable bonds is 3. The second-order valence-corrected chi connectivity index (χ2v) is 13.0. The fourth-order valence-electron chi connectivity index (χ4n) is 7.47. The van der Waals surface area contributed by atoms with Gasteiger partial charge in [-0.25, -0.2) is 4.98 Å². The fraction of sp³-hybridized carbons (Fsp3) is 0.0714. The lowest BCUT2D eigenvalue weighted by atomic mass is 9.82. The van der Waals surface area contributed by atoms with Crippen molar-refractivity contribution in [2.75, 3.05) is 0 Å². The second-order valence-electron chi connectivity index (χ2n) is 12.6. The van der Waals surface area contributed by atoms with E-state index in [0.29, 0.717) is 5.02 Å². The minimum absolute atomic E-state index is 0.0935.